The number of benzene rings is 1. The Morgan fingerprint density at radius 1 is 1.20 bits per heavy atom. The van der Waals surface area contributed by atoms with E-state index < -0.39 is 5.97 Å². The lowest BCUT2D eigenvalue weighted by Crippen LogP contribution is -2.44. The summed E-state index contributed by atoms with van der Waals surface area (Å²) in [6.45, 7) is 6.23. The van der Waals surface area contributed by atoms with Crippen molar-refractivity contribution in [3.63, 3.8) is 0 Å². The maximum absolute atomic E-state index is 12.4. The van der Waals surface area contributed by atoms with Crippen LogP contribution in [0.15, 0.2) is 24.3 Å². The Hall–Kier alpha value is -2.90. The van der Waals surface area contributed by atoms with Crippen LogP contribution in [-0.4, -0.2) is 43.3 Å². The van der Waals surface area contributed by atoms with Gasteiger partial charge in [-0.05, 0) is 17.7 Å². The summed E-state index contributed by atoms with van der Waals surface area (Å²) in [6.07, 6.45) is 0. The van der Waals surface area contributed by atoms with Crippen LogP contribution in [0.5, 0.6) is 0 Å². The predicted molar refractivity (Wildman–Crippen MR) is 90.2 cm³/mol. The molecule has 0 saturated heterocycles. The number of fused-ring (bicyclic) bond motifs is 1. The van der Waals surface area contributed by atoms with E-state index in [4.69, 9.17) is 5.11 Å². The van der Waals surface area contributed by atoms with Crippen LogP contribution in [0.1, 0.15) is 47.3 Å². The lowest BCUT2D eigenvalue weighted by molar-refractivity contribution is 0.0697. The third-order valence-corrected chi connectivity index (χ3v) is 4.23. The molecule has 1 aromatic heterocycles. The average Bonchev–Trinajstić information content (AvgIpc) is 3.03. The zero-order chi connectivity index (χ0) is 18.0. The fourth-order valence-electron chi connectivity index (χ4n) is 2.84. The molecule has 1 aliphatic rings. The van der Waals surface area contributed by atoms with Gasteiger partial charge < -0.3 is 19.9 Å². The van der Waals surface area contributed by atoms with Gasteiger partial charge in [-0.2, -0.15) is 0 Å². The molecular weight excluding hydrogens is 322 g/mol. The molecule has 0 unspecified atom stereocenters. The van der Waals surface area contributed by atoms with Crippen LogP contribution in [0.3, 0.4) is 0 Å². The van der Waals surface area contributed by atoms with Crippen molar-refractivity contribution in [1.82, 2.24) is 25.0 Å². The second-order valence-electron chi connectivity index (χ2n) is 6.36. The summed E-state index contributed by atoms with van der Waals surface area (Å²) in [5.74, 6) is 1.09. The van der Waals surface area contributed by atoms with Crippen LogP contribution in [0, 0.1) is 0 Å². The van der Waals surface area contributed by atoms with E-state index in [1.807, 2.05) is 0 Å². The van der Waals surface area contributed by atoms with Crippen molar-refractivity contribution < 1.29 is 14.7 Å². The number of amides is 2. The van der Waals surface area contributed by atoms with Crippen molar-refractivity contribution >= 4 is 12.0 Å². The number of urea groups is 1. The molecule has 0 fully saturated rings. The topological polar surface area (TPSA) is 100 Å². The zero-order valence-corrected chi connectivity index (χ0v) is 14.3. The number of rotatable bonds is 4. The van der Waals surface area contributed by atoms with E-state index in [1.54, 1.807) is 17.0 Å². The van der Waals surface area contributed by atoms with Crippen molar-refractivity contribution in [3.05, 3.63) is 47.0 Å². The molecule has 0 atom stereocenters. The molecule has 2 N–H and O–H groups in total. The van der Waals surface area contributed by atoms with Crippen LogP contribution >= 0.6 is 0 Å². The van der Waals surface area contributed by atoms with Gasteiger partial charge in [-0.15, -0.1) is 10.2 Å². The zero-order valence-electron chi connectivity index (χ0n) is 14.3. The van der Waals surface area contributed by atoms with Gasteiger partial charge in [-0.3, -0.25) is 0 Å². The van der Waals surface area contributed by atoms with Gasteiger partial charge in [0.15, 0.2) is 5.82 Å². The molecule has 0 spiro atoms. The number of aromatic carboxylic acids is 1. The second kappa shape index (κ2) is 6.92. The molecule has 25 heavy (non-hydrogen) atoms. The van der Waals surface area contributed by atoms with Gasteiger partial charge in [0.1, 0.15) is 5.82 Å². The van der Waals surface area contributed by atoms with Gasteiger partial charge in [0.2, 0.25) is 0 Å². The van der Waals surface area contributed by atoms with E-state index in [1.165, 1.54) is 12.1 Å². The molecule has 1 aromatic carbocycles. The first-order valence-corrected chi connectivity index (χ1v) is 8.22. The molecule has 0 bridgehead atoms. The molecule has 8 heteroatoms. The molecule has 2 heterocycles. The summed E-state index contributed by atoms with van der Waals surface area (Å²) < 4.78 is 2.08. The van der Waals surface area contributed by atoms with Gasteiger partial charge in [-0.25, -0.2) is 9.59 Å². The summed E-state index contributed by atoms with van der Waals surface area (Å²) in [5.41, 5.74) is 1.08. The minimum absolute atomic E-state index is 0.164. The number of nitrogens with one attached hydrogen (secondary N) is 1. The number of hydrogen-bond donors (Lipinski definition) is 2. The molecule has 8 nitrogen and oxygen atoms in total. The van der Waals surface area contributed by atoms with Crippen molar-refractivity contribution in [3.8, 4) is 0 Å². The summed E-state index contributed by atoms with van der Waals surface area (Å²) in [4.78, 5) is 24.9. The van der Waals surface area contributed by atoms with Crippen molar-refractivity contribution in [2.75, 3.05) is 6.54 Å². The number of carbonyl (C=O) groups is 2. The quantitative estimate of drug-likeness (QED) is 0.882. The third-order valence-electron chi connectivity index (χ3n) is 4.23. The van der Waals surface area contributed by atoms with Crippen molar-refractivity contribution in [2.45, 2.75) is 39.4 Å². The highest BCUT2D eigenvalue weighted by molar-refractivity contribution is 5.87. The van der Waals surface area contributed by atoms with Gasteiger partial charge >= 0.3 is 12.0 Å². The molecule has 2 aromatic rings. The molecule has 2 amide bonds. The Morgan fingerprint density at radius 2 is 1.92 bits per heavy atom. The highest BCUT2D eigenvalue weighted by Crippen LogP contribution is 2.18. The smallest absolute Gasteiger partial charge is 0.335 e. The molecule has 3 rings (SSSR count). The Morgan fingerprint density at radius 3 is 2.56 bits per heavy atom. The van der Waals surface area contributed by atoms with Crippen LogP contribution in [0.4, 0.5) is 4.79 Å². The van der Waals surface area contributed by atoms with Crippen molar-refractivity contribution in [1.29, 1.82) is 0 Å². The van der Waals surface area contributed by atoms with E-state index >= 15 is 0 Å². The van der Waals surface area contributed by atoms with Crippen LogP contribution < -0.4 is 5.32 Å². The van der Waals surface area contributed by atoms with Crippen LogP contribution in [0.25, 0.3) is 0 Å². The number of aromatic nitrogens is 3. The molecular formula is C17H21N5O3. The highest BCUT2D eigenvalue weighted by Gasteiger charge is 2.25. The first-order valence-electron chi connectivity index (χ1n) is 8.22. The number of nitrogens with zero attached hydrogens (tertiary/aromatic N) is 4. The summed E-state index contributed by atoms with van der Waals surface area (Å²) in [7, 11) is 0. The monoisotopic (exact) mass is 343 g/mol. The van der Waals surface area contributed by atoms with Crippen molar-refractivity contribution in [2.24, 2.45) is 0 Å². The first-order chi connectivity index (χ1) is 12.0. The van der Waals surface area contributed by atoms with E-state index in [-0.39, 0.29) is 11.6 Å². The van der Waals surface area contributed by atoms with Gasteiger partial charge in [0, 0.05) is 25.6 Å². The summed E-state index contributed by atoms with van der Waals surface area (Å²) >= 11 is 0. The minimum Gasteiger partial charge on any atom is -0.478 e. The fraction of sp³-hybridized carbons (Fsp3) is 0.412. The Bertz CT molecular complexity index is 782. The standard InChI is InChI=1S/C17H21N5O3/c1-11(2)15-20-19-14-10-21(7-8-22(14)15)17(25)18-9-12-3-5-13(6-4-12)16(23)24/h3-6,11H,7-10H2,1-2H3,(H,18,25)(H,23,24). The molecule has 0 aliphatic carbocycles. The first kappa shape index (κ1) is 16.9. The third kappa shape index (κ3) is 3.62. The van der Waals surface area contributed by atoms with Crippen LogP contribution in [0.2, 0.25) is 0 Å². The molecule has 0 radical (unpaired) electrons. The SMILES string of the molecule is CC(C)c1nnc2n1CCN(C(=O)NCc1ccc(C(=O)O)cc1)C2. The number of hydrogen-bond acceptors (Lipinski definition) is 4. The summed E-state index contributed by atoms with van der Waals surface area (Å²) in [6, 6.07) is 6.29. The van der Waals surface area contributed by atoms with E-state index in [2.05, 4.69) is 33.9 Å². The molecule has 0 saturated carbocycles. The largest absolute Gasteiger partial charge is 0.478 e. The number of carbonyl (C=O) groups excluding carboxylic acids is 1. The Labute approximate surface area is 145 Å². The van der Waals surface area contributed by atoms with Crippen LogP contribution in [-0.2, 0) is 19.6 Å². The number of carboxylic acid groups (broad SMARTS) is 1. The predicted octanol–water partition coefficient (Wildman–Crippen LogP) is 1.83. The lowest BCUT2D eigenvalue weighted by atomic mass is 10.1. The molecule has 1 aliphatic heterocycles. The van der Waals surface area contributed by atoms with E-state index in [9.17, 15) is 9.59 Å². The molecule has 132 valence electrons. The van der Waals surface area contributed by atoms with E-state index in [0.717, 1.165) is 17.2 Å². The van der Waals surface area contributed by atoms with Gasteiger partial charge in [0.25, 0.3) is 0 Å². The minimum atomic E-state index is -0.964. The normalized spacial score (nSPS) is 13.6. The van der Waals surface area contributed by atoms with Gasteiger partial charge in [0.05, 0.1) is 12.1 Å². The maximum atomic E-state index is 12.4. The average molecular weight is 343 g/mol. The summed E-state index contributed by atoms with van der Waals surface area (Å²) in [5, 5.41) is 20.2. The highest BCUT2D eigenvalue weighted by atomic mass is 16.4. The Kier molecular flexibility index (Phi) is 4.69. The maximum Gasteiger partial charge on any atom is 0.335 e. The lowest BCUT2D eigenvalue weighted by Gasteiger charge is -2.28. The van der Waals surface area contributed by atoms with E-state index in [0.29, 0.717) is 32.1 Å². The Balaban J connectivity index is 1.58. The van der Waals surface area contributed by atoms with Gasteiger partial charge in [-0.1, -0.05) is 26.0 Å². The fourth-order valence-corrected chi connectivity index (χ4v) is 2.84. The number of carboxylic acids is 1. The second-order valence-corrected chi connectivity index (χ2v) is 6.36.